The van der Waals surface area contributed by atoms with Gasteiger partial charge in [-0.05, 0) is 48.4 Å². The highest BCUT2D eigenvalue weighted by Gasteiger charge is 2.10. The molecule has 0 fully saturated rings. The second-order valence-electron chi connectivity index (χ2n) is 7.54. The summed E-state index contributed by atoms with van der Waals surface area (Å²) in [5, 5.41) is 5.93. The smallest absolute Gasteiger partial charge is 0.255 e. The van der Waals surface area contributed by atoms with Crippen LogP contribution in [0.4, 0.5) is 5.69 Å². The summed E-state index contributed by atoms with van der Waals surface area (Å²) >= 11 is 1.58. The average Bonchev–Trinajstić information content (AvgIpc) is 3.29. The van der Waals surface area contributed by atoms with Gasteiger partial charge in [0, 0.05) is 40.2 Å². The summed E-state index contributed by atoms with van der Waals surface area (Å²) in [6.45, 7) is 4.79. The van der Waals surface area contributed by atoms with E-state index in [4.69, 9.17) is 9.72 Å². The first-order valence-electron chi connectivity index (χ1n) is 10.1. The molecule has 156 valence electrons. The van der Waals surface area contributed by atoms with E-state index in [1.807, 2.05) is 53.9 Å². The van der Waals surface area contributed by atoms with E-state index in [1.54, 1.807) is 35.9 Å². The quantitative estimate of drug-likeness (QED) is 0.382. The molecule has 4 aromatic rings. The molecule has 5 nitrogen and oxygen atoms in total. The maximum Gasteiger partial charge on any atom is 0.255 e. The third kappa shape index (κ3) is 5.35. The molecule has 0 bridgehead atoms. The van der Waals surface area contributed by atoms with Gasteiger partial charge in [-0.1, -0.05) is 32.0 Å². The number of benzene rings is 2. The van der Waals surface area contributed by atoms with Crippen molar-refractivity contribution in [1.29, 1.82) is 0 Å². The molecule has 1 N–H and O–H groups in total. The molecule has 31 heavy (non-hydrogen) atoms. The maximum atomic E-state index is 12.8. The summed E-state index contributed by atoms with van der Waals surface area (Å²) in [4.78, 5) is 21.5. The van der Waals surface area contributed by atoms with Crippen LogP contribution in [0.3, 0.4) is 0 Å². The van der Waals surface area contributed by atoms with E-state index >= 15 is 0 Å². The van der Waals surface area contributed by atoms with Crippen LogP contribution in [-0.2, 0) is 0 Å². The molecule has 2 heterocycles. The van der Waals surface area contributed by atoms with Crippen molar-refractivity contribution in [1.82, 2.24) is 9.97 Å². The van der Waals surface area contributed by atoms with Crippen molar-refractivity contribution >= 4 is 22.9 Å². The maximum absolute atomic E-state index is 12.8. The Kier molecular flexibility index (Phi) is 6.38. The zero-order valence-corrected chi connectivity index (χ0v) is 18.2. The number of anilines is 1. The Morgan fingerprint density at radius 1 is 1.03 bits per heavy atom. The standard InChI is InChI=1S/C25H23N3O2S/c1-17(2)15-30-22-8-4-6-20(14-22)24(29)27-21-7-3-5-19(13-21)23-16-31-25(28-23)18-9-11-26-12-10-18/h3-14,16-17H,15H2,1-2H3,(H,27,29). The van der Waals surface area contributed by atoms with Crippen LogP contribution in [0.1, 0.15) is 24.2 Å². The Balaban J connectivity index is 1.49. The van der Waals surface area contributed by atoms with Gasteiger partial charge in [-0.2, -0.15) is 0 Å². The first kappa shape index (κ1) is 20.8. The van der Waals surface area contributed by atoms with Crippen LogP contribution >= 0.6 is 11.3 Å². The lowest BCUT2D eigenvalue weighted by molar-refractivity contribution is 0.102. The van der Waals surface area contributed by atoms with Crippen LogP contribution in [0.25, 0.3) is 21.8 Å². The molecule has 0 saturated carbocycles. The van der Waals surface area contributed by atoms with Crippen molar-refractivity contribution in [3.8, 4) is 27.6 Å². The van der Waals surface area contributed by atoms with Crippen molar-refractivity contribution in [2.45, 2.75) is 13.8 Å². The van der Waals surface area contributed by atoms with Crippen molar-refractivity contribution in [3.63, 3.8) is 0 Å². The normalized spacial score (nSPS) is 10.8. The second kappa shape index (κ2) is 9.53. The number of carbonyl (C=O) groups is 1. The lowest BCUT2D eigenvalue weighted by atomic mass is 10.1. The molecule has 0 aliphatic carbocycles. The Morgan fingerprint density at radius 2 is 1.84 bits per heavy atom. The first-order chi connectivity index (χ1) is 15.1. The predicted octanol–water partition coefficient (Wildman–Crippen LogP) is 6.16. The third-order valence-corrected chi connectivity index (χ3v) is 5.42. The van der Waals surface area contributed by atoms with Crippen LogP contribution in [-0.4, -0.2) is 22.5 Å². The third-order valence-electron chi connectivity index (χ3n) is 4.53. The van der Waals surface area contributed by atoms with Crippen LogP contribution in [0, 0.1) is 5.92 Å². The van der Waals surface area contributed by atoms with E-state index in [2.05, 4.69) is 24.1 Å². The number of carbonyl (C=O) groups excluding carboxylic acids is 1. The molecule has 1 amide bonds. The number of ether oxygens (including phenoxy) is 1. The molecule has 4 rings (SSSR count). The van der Waals surface area contributed by atoms with Crippen LogP contribution in [0.5, 0.6) is 5.75 Å². The van der Waals surface area contributed by atoms with E-state index in [-0.39, 0.29) is 5.91 Å². The fourth-order valence-electron chi connectivity index (χ4n) is 2.98. The summed E-state index contributed by atoms with van der Waals surface area (Å²) in [6.07, 6.45) is 3.52. The van der Waals surface area contributed by atoms with Gasteiger partial charge in [0.1, 0.15) is 10.8 Å². The Bertz CT molecular complexity index is 1170. The molecular formula is C25H23N3O2S. The zero-order chi connectivity index (χ0) is 21.6. The topological polar surface area (TPSA) is 64.1 Å². The second-order valence-corrected chi connectivity index (χ2v) is 8.40. The number of hydrogen-bond donors (Lipinski definition) is 1. The molecule has 0 saturated heterocycles. The van der Waals surface area contributed by atoms with Crippen LogP contribution in [0.2, 0.25) is 0 Å². The lowest BCUT2D eigenvalue weighted by Gasteiger charge is -2.10. The molecule has 2 aromatic carbocycles. The van der Waals surface area contributed by atoms with Crippen LogP contribution in [0.15, 0.2) is 78.4 Å². The number of pyridine rings is 1. The lowest BCUT2D eigenvalue weighted by Crippen LogP contribution is -2.12. The molecule has 2 aromatic heterocycles. The Morgan fingerprint density at radius 3 is 2.65 bits per heavy atom. The monoisotopic (exact) mass is 429 g/mol. The van der Waals surface area contributed by atoms with Crippen molar-refractivity contribution in [2.75, 3.05) is 11.9 Å². The van der Waals surface area contributed by atoms with Gasteiger partial charge in [0.15, 0.2) is 0 Å². The van der Waals surface area contributed by atoms with E-state index < -0.39 is 0 Å². The number of nitrogens with one attached hydrogen (secondary N) is 1. The van der Waals surface area contributed by atoms with Crippen molar-refractivity contribution in [3.05, 3.63) is 84.0 Å². The van der Waals surface area contributed by atoms with E-state index in [1.165, 1.54) is 0 Å². The van der Waals surface area contributed by atoms with Crippen molar-refractivity contribution in [2.24, 2.45) is 5.92 Å². The SMILES string of the molecule is CC(C)COc1cccc(C(=O)Nc2cccc(-c3csc(-c4ccncc4)n3)c2)c1. The summed E-state index contributed by atoms with van der Waals surface area (Å²) in [5.41, 5.74) is 4.13. The molecule has 0 unspecified atom stereocenters. The Labute approximate surface area is 185 Å². The van der Waals surface area contributed by atoms with Gasteiger partial charge in [-0.25, -0.2) is 4.98 Å². The number of nitrogens with zero attached hydrogens (tertiary/aromatic N) is 2. The van der Waals surface area contributed by atoms with Gasteiger partial charge in [0.25, 0.3) is 5.91 Å². The minimum absolute atomic E-state index is 0.178. The molecule has 0 aliphatic heterocycles. The summed E-state index contributed by atoms with van der Waals surface area (Å²) < 4.78 is 5.73. The van der Waals surface area contributed by atoms with E-state index in [0.717, 1.165) is 27.5 Å². The summed E-state index contributed by atoms with van der Waals surface area (Å²) in [7, 11) is 0. The highest BCUT2D eigenvalue weighted by Crippen LogP contribution is 2.29. The number of hydrogen-bond acceptors (Lipinski definition) is 5. The van der Waals surface area contributed by atoms with Gasteiger partial charge >= 0.3 is 0 Å². The fourth-order valence-corrected chi connectivity index (χ4v) is 3.82. The average molecular weight is 430 g/mol. The fraction of sp³-hybridized carbons (Fsp3) is 0.160. The molecule has 0 spiro atoms. The van der Waals surface area contributed by atoms with E-state index in [0.29, 0.717) is 23.8 Å². The molecule has 6 heteroatoms. The minimum atomic E-state index is -0.178. The number of amides is 1. The molecule has 0 radical (unpaired) electrons. The van der Waals surface area contributed by atoms with Gasteiger partial charge in [0.2, 0.25) is 0 Å². The first-order valence-corrected chi connectivity index (χ1v) is 11.0. The number of rotatable bonds is 7. The van der Waals surface area contributed by atoms with Crippen molar-refractivity contribution < 1.29 is 9.53 Å². The van der Waals surface area contributed by atoms with Gasteiger partial charge in [0.05, 0.1) is 12.3 Å². The Hall–Kier alpha value is -3.51. The molecule has 0 aliphatic rings. The van der Waals surface area contributed by atoms with E-state index in [9.17, 15) is 4.79 Å². The van der Waals surface area contributed by atoms with Gasteiger partial charge < -0.3 is 10.1 Å². The number of thiazole rings is 1. The highest BCUT2D eigenvalue weighted by molar-refractivity contribution is 7.13. The number of aromatic nitrogens is 2. The predicted molar refractivity (Wildman–Crippen MR) is 126 cm³/mol. The van der Waals surface area contributed by atoms with Gasteiger partial charge in [-0.3, -0.25) is 9.78 Å². The summed E-state index contributed by atoms with van der Waals surface area (Å²) in [5.74, 6) is 0.939. The largest absolute Gasteiger partial charge is 0.493 e. The highest BCUT2D eigenvalue weighted by atomic mass is 32.1. The zero-order valence-electron chi connectivity index (χ0n) is 17.4. The molecular weight excluding hydrogens is 406 g/mol. The molecule has 0 atom stereocenters. The summed E-state index contributed by atoms with van der Waals surface area (Å²) in [6, 6.07) is 18.8. The van der Waals surface area contributed by atoms with Gasteiger partial charge in [-0.15, -0.1) is 11.3 Å². The minimum Gasteiger partial charge on any atom is -0.493 e. The van der Waals surface area contributed by atoms with Crippen LogP contribution < -0.4 is 10.1 Å².